The van der Waals surface area contributed by atoms with Crippen molar-refractivity contribution in [2.24, 2.45) is 0 Å². The van der Waals surface area contributed by atoms with E-state index in [1.54, 1.807) is 6.07 Å². The van der Waals surface area contributed by atoms with Gasteiger partial charge in [0.2, 0.25) is 0 Å². The summed E-state index contributed by atoms with van der Waals surface area (Å²) in [5.41, 5.74) is 3.35. The largest absolute Gasteiger partial charge is 0.350 e. The maximum Gasteiger partial charge on any atom is 0.282 e. The van der Waals surface area contributed by atoms with Crippen molar-refractivity contribution >= 4 is 40.4 Å². The number of halogens is 3. The molecule has 1 heterocycles. The van der Waals surface area contributed by atoms with E-state index in [1.165, 1.54) is 36.4 Å². The first-order valence-electron chi connectivity index (χ1n) is 9.44. The van der Waals surface area contributed by atoms with Gasteiger partial charge in [0, 0.05) is 5.69 Å². The number of carbonyl (C=O) groups excluding carboxylic acids is 2. The highest BCUT2D eigenvalue weighted by Gasteiger charge is 2.40. The normalized spacial score (nSPS) is 13.9. The van der Waals surface area contributed by atoms with E-state index in [9.17, 15) is 18.4 Å². The lowest BCUT2D eigenvalue weighted by Gasteiger charge is -2.16. The first kappa shape index (κ1) is 20.8. The van der Waals surface area contributed by atoms with Crippen molar-refractivity contribution in [2.75, 3.05) is 10.2 Å². The summed E-state index contributed by atoms with van der Waals surface area (Å²) in [5, 5.41) is 2.83. The SMILES string of the molecule is Cc1ccc(NC2=C(c3ccc(F)cc3)C(=O)N(c3ccc(F)c(Cl)c3)C2=O)cc1C. The second kappa shape index (κ2) is 7.96. The van der Waals surface area contributed by atoms with Gasteiger partial charge >= 0.3 is 0 Å². The highest BCUT2D eigenvalue weighted by Crippen LogP contribution is 2.35. The highest BCUT2D eigenvalue weighted by molar-refractivity contribution is 6.46. The van der Waals surface area contributed by atoms with Crippen molar-refractivity contribution in [1.29, 1.82) is 0 Å². The molecule has 0 aromatic heterocycles. The summed E-state index contributed by atoms with van der Waals surface area (Å²) in [6, 6.07) is 14.5. The Morgan fingerprint density at radius 2 is 1.55 bits per heavy atom. The number of imide groups is 1. The first-order valence-corrected chi connectivity index (χ1v) is 9.82. The number of hydrogen-bond donors (Lipinski definition) is 1. The molecule has 0 atom stereocenters. The van der Waals surface area contributed by atoms with Crippen LogP contribution in [0.4, 0.5) is 20.2 Å². The molecule has 0 fully saturated rings. The van der Waals surface area contributed by atoms with Crippen LogP contribution < -0.4 is 10.2 Å². The average Bonchev–Trinajstić information content (AvgIpc) is 2.97. The third kappa shape index (κ3) is 3.82. The molecule has 156 valence electrons. The first-order chi connectivity index (χ1) is 14.8. The predicted octanol–water partition coefficient (Wildman–Crippen LogP) is 5.63. The summed E-state index contributed by atoms with van der Waals surface area (Å²) in [5.74, 6) is -2.37. The van der Waals surface area contributed by atoms with E-state index in [2.05, 4.69) is 5.32 Å². The summed E-state index contributed by atoms with van der Waals surface area (Å²) in [4.78, 5) is 27.5. The number of nitrogens with zero attached hydrogens (tertiary/aromatic N) is 1. The Morgan fingerprint density at radius 1 is 0.839 bits per heavy atom. The maximum absolute atomic E-state index is 13.6. The molecule has 2 amide bonds. The zero-order chi connectivity index (χ0) is 22.3. The number of hydrogen-bond acceptors (Lipinski definition) is 3. The molecule has 0 spiro atoms. The molecule has 3 aromatic rings. The molecule has 0 bridgehead atoms. The van der Waals surface area contributed by atoms with Crippen LogP contribution >= 0.6 is 11.6 Å². The van der Waals surface area contributed by atoms with Crippen LogP contribution in [-0.4, -0.2) is 11.8 Å². The quantitative estimate of drug-likeness (QED) is 0.537. The molecule has 0 saturated heterocycles. The van der Waals surface area contributed by atoms with Crippen LogP contribution in [0.2, 0.25) is 5.02 Å². The molecule has 3 aromatic carbocycles. The molecule has 31 heavy (non-hydrogen) atoms. The Bertz CT molecular complexity index is 1250. The van der Waals surface area contributed by atoms with Crippen molar-refractivity contribution in [2.45, 2.75) is 13.8 Å². The van der Waals surface area contributed by atoms with E-state index >= 15 is 0 Å². The van der Waals surface area contributed by atoms with Gasteiger partial charge in [0.25, 0.3) is 11.8 Å². The molecule has 4 rings (SSSR count). The van der Waals surface area contributed by atoms with E-state index in [0.717, 1.165) is 22.1 Å². The third-order valence-electron chi connectivity index (χ3n) is 5.15. The molecule has 7 heteroatoms. The Labute approximate surface area is 182 Å². The number of benzene rings is 3. The second-order valence-corrected chi connectivity index (χ2v) is 7.63. The Kier molecular flexibility index (Phi) is 5.33. The number of rotatable bonds is 4. The van der Waals surface area contributed by atoms with Gasteiger partial charge < -0.3 is 5.32 Å². The number of anilines is 2. The maximum atomic E-state index is 13.6. The molecular weight excluding hydrogens is 422 g/mol. The van der Waals surface area contributed by atoms with E-state index in [4.69, 9.17) is 11.6 Å². The van der Waals surface area contributed by atoms with Gasteiger partial charge in [-0.25, -0.2) is 13.7 Å². The zero-order valence-electron chi connectivity index (χ0n) is 16.7. The van der Waals surface area contributed by atoms with Gasteiger partial charge in [0.05, 0.1) is 16.3 Å². The van der Waals surface area contributed by atoms with Gasteiger partial charge in [-0.2, -0.15) is 0 Å². The van der Waals surface area contributed by atoms with Gasteiger partial charge in [-0.3, -0.25) is 9.59 Å². The van der Waals surface area contributed by atoms with E-state index < -0.39 is 23.4 Å². The average molecular weight is 439 g/mol. The van der Waals surface area contributed by atoms with Gasteiger partial charge in [0.15, 0.2) is 0 Å². The number of amides is 2. The summed E-state index contributed by atoms with van der Waals surface area (Å²) >= 11 is 5.86. The minimum atomic E-state index is -0.662. The van der Waals surface area contributed by atoms with Crippen LogP contribution in [0, 0.1) is 25.5 Å². The van der Waals surface area contributed by atoms with Crippen LogP contribution in [0.5, 0.6) is 0 Å². The van der Waals surface area contributed by atoms with Crippen LogP contribution in [0.15, 0.2) is 66.4 Å². The Hall–Kier alpha value is -3.51. The minimum Gasteiger partial charge on any atom is -0.350 e. The van der Waals surface area contributed by atoms with Crippen molar-refractivity contribution < 1.29 is 18.4 Å². The summed E-state index contributed by atoms with van der Waals surface area (Å²) in [6.07, 6.45) is 0. The van der Waals surface area contributed by atoms with Crippen LogP contribution in [0.1, 0.15) is 16.7 Å². The van der Waals surface area contributed by atoms with Crippen LogP contribution in [0.25, 0.3) is 5.57 Å². The Morgan fingerprint density at radius 3 is 2.19 bits per heavy atom. The summed E-state index contributed by atoms with van der Waals surface area (Å²) in [7, 11) is 0. The molecule has 1 N–H and O–H groups in total. The number of carbonyl (C=O) groups is 2. The highest BCUT2D eigenvalue weighted by atomic mass is 35.5. The summed E-state index contributed by atoms with van der Waals surface area (Å²) in [6.45, 7) is 3.90. The number of nitrogens with one attached hydrogen (secondary N) is 1. The van der Waals surface area contributed by atoms with Gasteiger partial charge in [-0.15, -0.1) is 0 Å². The lowest BCUT2D eigenvalue weighted by Crippen LogP contribution is -2.32. The molecule has 0 saturated carbocycles. The van der Waals surface area contributed by atoms with Gasteiger partial charge in [0.1, 0.15) is 17.3 Å². The number of aryl methyl sites for hydroxylation is 2. The van der Waals surface area contributed by atoms with E-state index in [0.29, 0.717) is 11.3 Å². The molecule has 0 radical (unpaired) electrons. The van der Waals surface area contributed by atoms with E-state index in [-0.39, 0.29) is 22.0 Å². The third-order valence-corrected chi connectivity index (χ3v) is 5.44. The van der Waals surface area contributed by atoms with Gasteiger partial charge in [-0.1, -0.05) is 29.8 Å². The standard InChI is InChI=1S/C24H17ClF2N2O2/c1-13-3-8-17(11-14(13)2)28-22-21(15-4-6-16(26)7-5-15)23(30)29(24(22)31)18-9-10-20(27)19(25)12-18/h3-12,28H,1-2H3. The molecule has 0 unspecified atom stereocenters. The molecule has 4 nitrogen and oxygen atoms in total. The van der Waals surface area contributed by atoms with Crippen molar-refractivity contribution in [3.63, 3.8) is 0 Å². The lowest BCUT2D eigenvalue weighted by molar-refractivity contribution is -0.120. The van der Waals surface area contributed by atoms with Gasteiger partial charge in [-0.05, 0) is 73.0 Å². The monoisotopic (exact) mass is 438 g/mol. The Balaban J connectivity index is 1.83. The molecule has 0 aliphatic carbocycles. The fraction of sp³-hybridized carbons (Fsp3) is 0.0833. The van der Waals surface area contributed by atoms with Crippen LogP contribution in [0.3, 0.4) is 0 Å². The molecule has 1 aliphatic heterocycles. The van der Waals surface area contributed by atoms with Crippen LogP contribution in [-0.2, 0) is 9.59 Å². The fourth-order valence-electron chi connectivity index (χ4n) is 3.35. The topological polar surface area (TPSA) is 49.4 Å². The van der Waals surface area contributed by atoms with E-state index in [1.807, 2.05) is 26.0 Å². The minimum absolute atomic E-state index is 0.0420. The zero-order valence-corrected chi connectivity index (χ0v) is 17.4. The molecular formula is C24H17ClF2N2O2. The fourth-order valence-corrected chi connectivity index (χ4v) is 3.53. The summed E-state index contributed by atoms with van der Waals surface area (Å²) < 4.78 is 27.1. The van der Waals surface area contributed by atoms with Crippen molar-refractivity contribution in [3.8, 4) is 0 Å². The second-order valence-electron chi connectivity index (χ2n) is 7.23. The molecule has 1 aliphatic rings. The smallest absolute Gasteiger partial charge is 0.282 e. The predicted molar refractivity (Wildman–Crippen MR) is 117 cm³/mol. The lowest BCUT2D eigenvalue weighted by atomic mass is 10.0. The van der Waals surface area contributed by atoms with Crippen molar-refractivity contribution in [3.05, 3.63) is 99.7 Å². The van der Waals surface area contributed by atoms with Crippen molar-refractivity contribution in [1.82, 2.24) is 0 Å².